The number of rotatable bonds is 2. The lowest BCUT2D eigenvalue weighted by Gasteiger charge is -2.14. The lowest BCUT2D eigenvalue weighted by molar-refractivity contribution is 0.00733. The Kier molecular flexibility index (Phi) is 2.68. The average molecular weight is 156 g/mol. The normalized spacial score (nSPS) is 44.3. The molecule has 1 rings (SSSR count). The van der Waals surface area contributed by atoms with Gasteiger partial charge in [0.2, 0.25) is 0 Å². The van der Waals surface area contributed by atoms with Crippen molar-refractivity contribution in [2.45, 2.75) is 32.0 Å². The van der Waals surface area contributed by atoms with Gasteiger partial charge in [0.05, 0.1) is 12.2 Å². The minimum Gasteiger partial charge on any atom is -0.390 e. The maximum Gasteiger partial charge on any atom is 0.0832 e. The van der Waals surface area contributed by atoms with Crippen molar-refractivity contribution >= 4 is 0 Å². The molecule has 1 saturated carbocycles. The maximum atomic E-state index is 9.46. The molecule has 0 radical (unpaired) electrons. The Labute approximate surface area is 67.6 Å². The molecule has 64 valence electrons. The molecule has 0 unspecified atom stereocenters. The number of hydrogen-bond acceptors (Lipinski definition) is 2. The summed E-state index contributed by atoms with van der Waals surface area (Å²) in [6.07, 6.45) is 2.46. The smallest absolute Gasteiger partial charge is 0.0832 e. The molecule has 4 atom stereocenters. The van der Waals surface area contributed by atoms with Gasteiger partial charge >= 0.3 is 0 Å². The highest BCUT2D eigenvalue weighted by Gasteiger charge is 2.37. The maximum absolute atomic E-state index is 9.46. The minimum absolute atomic E-state index is 0.220. The van der Waals surface area contributed by atoms with Crippen molar-refractivity contribution < 1.29 is 10.2 Å². The SMILES string of the molecule is C=CC[C@H]1C[C@@H](C)[C@H](O)[C@@H]1O. The van der Waals surface area contributed by atoms with Crippen molar-refractivity contribution in [1.29, 1.82) is 0 Å². The first-order valence-corrected chi connectivity index (χ1v) is 4.13. The van der Waals surface area contributed by atoms with Crippen LogP contribution in [0.3, 0.4) is 0 Å². The summed E-state index contributed by atoms with van der Waals surface area (Å²) in [5.74, 6) is 0.451. The first-order valence-electron chi connectivity index (χ1n) is 4.13. The van der Waals surface area contributed by atoms with Crippen LogP contribution >= 0.6 is 0 Å². The van der Waals surface area contributed by atoms with Crippen LogP contribution in [0.25, 0.3) is 0 Å². The Morgan fingerprint density at radius 3 is 2.45 bits per heavy atom. The van der Waals surface area contributed by atoms with Gasteiger partial charge in [0.1, 0.15) is 0 Å². The Morgan fingerprint density at radius 1 is 1.45 bits per heavy atom. The van der Waals surface area contributed by atoms with Crippen LogP contribution in [0.2, 0.25) is 0 Å². The van der Waals surface area contributed by atoms with Gasteiger partial charge in [-0.3, -0.25) is 0 Å². The summed E-state index contributed by atoms with van der Waals surface area (Å²) in [5, 5.41) is 18.8. The molecule has 0 aromatic carbocycles. The summed E-state index contributed by atoms with van der Waals surface area (Å²) in [5.41, 5.74) is 0. The molecule has 0 heterocycles. The van der Waals surface area contributed by atoms with Crippen LogP contribution in [0.1, 0.15) is 19.8 Å². The van der Waals surface area contributed by atoms with E-state index in [0.29, 0.717) is 0 Å². The zero-order chi connectivity index (χ0) is 8.43. The van der Waals surface area contributed by atoms with Gasteiger partial charge in [-0.2, -0.15) is 0 Å². The summed E-state index contributed by atoms with van der Waals surface area (Å²) < 4.78 is 0. The van der Waals surface area contributed by atoms with Crippen LogP contribution in [0.15, 0.2) is 12.7 Å². The molecule has 1 aliphatic carbocycles. The topological polar surface area (TPSA) is 40.5 Å². The highest BCUT2D eigenvalue weighted by atomic mass is 16.3. The molecule has 0 saturated heterocycles. The molecule has 11 heavy (non-hydrogen) atoms. The lowest BCUT2D eigenvalue weighted by Crippen LogP contribution is -2.27. The van der Waals surface area contributed by atoms with E-state index in [1.807, 2.05) is 6.92 Å². The van der Waals surface area contributed by atoms with E-state index in [9.17, 15) is 10.2 Å². The molecule has 0 aromatic rings. The van der Waals surface area contributed by atoms with Crippen LogP contribution in [0, 0.1) is 11.8 Å². The largest absolute Gasteiger partial charge is 0.390 e. The van der Waals surface area contributed by atoms with Crippen molar-refractivity contribution in [3.05, 3.63) is 12.7 Å². The predicted octanol–water partition coefficient (Wildman–Crippen LogP) is 0.940. The van der Waals surface area contributed by atoms with Gasteiger partial charge in [0, 0.05) is 0 Å². The summed E-state index contributed by atoms with van der Waals surface area (Å²) in [4.78, 5) is 0. The molecule has 2 N–H and O–H groups in total. The second-order valence-corrected chi connectivity index (χ2v) is 3.48. The number of aliphatic hydroxyl groups is 2. The summed E-state index contributed by atoms with van der Waals surface area (Å²) in [6, 6.07) is 0. The first kappa shape index (κ1) is 8.75. The molecule has 0 aromatic heterocycles. The Bertz CT molecular complexity index is 144. The van der Waals surface area contributed by atoms with E-state index in [0.717, 1.165) is 12.8 Å². The van der Waals surface area contributed by atoms with E-state index >= 15 is 0 Å². The van der Waals surface area contributed by atoms with E-state index < -0.39 is 12.2 Å². The molecule has 1 fully saturated rings. The van der Waals surface area contributed by atoms with Gasteiger partial charge < -0.3 is 10.2 Å². The second kappa shape index (κ2) is 3.37. The molecule has 2 heteroatoms. The molecule has 0 aliphatic heterocycles. The molecule has 2 nitrogen and oxygen atoms in total. The molecular weight excluding hydrogens is 140 g/mol. The number of allylic oxidation sites excluding steroid dienone is 1. The van der Waals surface area contributed by atoms with Crippen molar-refractivity contribution in [2.75, 3.05) is 0 Å². The van der Waals surface area contributed by atoms with Crippen LogP contribution in [0.4, 0.5) is 0 Å². The molecule has 1 aliphatic rings. The zero-order valence-corrected chi connectivity index (χ0v) is 6.90. The average Bonchev–Trinajstić information content (AvgIpc) is 2.19. The van der Waals surface area contributed by atoms with Crippen molar-refractivity contribution in [1.82, 2.24) is 0 Å². The Morgan fingerprint density at radius 2 is 2.09 bits per heavy atom. The highest BCUT2D eigenvalue weighted by Crippen LogP contribution is 2.33. The Hall–Kier alpha value is -0.340. The molecule has 0 amide bonds. The third kappa shape index (κ3) is 1.63. The van der Waals surface area contributed by atoms with E-state index in [4.69, 9.17) is 0 Å². The summed E-state index contributed by atoms with van der Waals surface area (Å²) in [6.45, 7) is 5.59. The monoisotopic (exact) mass is 156 g/mol. The van der Waals surface area contributed by atoms with Gasteiger partial charge in [-0.25, -0.2) is 0 Å². The summed E-state index contributed by atoms with van der Waals surface area (Å²) in [7, 11) is 0. The highest BCUT2D eigenvalue weighted by molar-refractivity contribution is 4.91. The third-order valence-corrected chi connectivity index (χ3v) is 2.56. The fourth-order valence-corrected chi connectivity index (χ4v) is 1.82. The van der Waals surface area contributed by atoms with Crippen molar-refractivity contribution in [3.8, 4) is 0 Å². The predicted molar refractivity (Wildman–Crippen MR) is 44.1 cm³/mol. The van der Waals surface area contributed by atoms with Gasteiger partial charge in [-0.1, -0.05) is 13.0 Å². The molecular formula is C9H16O2. The number of aliphatic hydroxyl groups excluding tert-OH is 2. The number of hydrogen-bond donors (Lipinski definition) is 2. The Balaban J connectivity index is 2.51. The van der Waals surface area contributed by atoms with E-state index in [1.54, 1.807) is 6.08 Å². The fraction of sp³-hybridized carbons (Fsp3) is 0.778. The second-order valence-electron chi connectivity index (χ2n) is 3.48. The molecule has 0 bridgehead atoms. The van der Waals surface area contributed by atoms with Crippen molar-refractivity contribution in [3.63, 3.8) is 0 Å². The van der Waals surface area contributed by atoms with Crippen LogP contribution in [-0.2, 0) is 0 Å². The van der Waals surface area contributed by atoms with Crippen LogP contribution in [-0.4, -0.2) is 22.4 Å². The fourth-order valence-electron chi connectivity index (χ4n) is 1.82. The van der Waals surface area contributed by atoms with Gasteiger partial charge in [0.15, 0.2) is 0 Å². The van der Waals surface area contributed by atoms with Gasteiger partial charge in [0.25, 0.3) is 0 Å². The van der Waals surface area contributed by atoms with E-state index in [2.05, 4.69) is 6.58 Å². The molecule has 0 spiro atoms. The standard InChI is InChI=1S/C9H16O2/c1-3-4-7-5-6(2)8(10)9(7)11/h3,6-11H,1,4-5H2,2H3/t6-,7+,8+,9-/m1/s1. The van der Waals surface area contributed by atoms with Gasteiger partial charge in [-0.05, 0) is 24.7 Å². The van der Waals surface area contributed by atoms with E-state index in [1.165, 1.54) is 0 Å². The summed E-state index contributed by atoms with van der Waals surface area (Å²) >= 11 is 0. The van der Waals surface area contributed by atoms with Crippen molar-refractivity contribution in [2.24, 2.45) is 11.8 Å². The van der Waals surface area contributed by atoms with E-state index in [-0.39, 0.29) is 11.8 Å². The van der Waals surface area contributed by atoms with Crippen LogP contribution < -0.4 is 0 Å². The quantitative estimate of drug-likeness (QED) is 0.584. The van der Waals surface area contributed by atoms with Crippen LogP contribution in [0.5, 0.6) is 0 Å². The first-order chi connectivity index (χ1) is 5.16. The third-order valence-electron chi connectivity index (χ3n) is 2.56. The zero-order valence-electron chi connectivity index (χ0n) is 6.90. The van der Waals surface area contributed by atoms with Gasteiger partial charge in [-0.15, -0.1) is 6.58 Å². The lowest BCUT2D eigenvalue weighted by atomic mass is 10.0. The minimum atomic E-state index is -0.539.